The Morgan fingerprint density at radius 3 is 2.50 bits per heavy atom. The fourth-order valence-corrected chi connectivity index (χ4v) is 2.66. The number of benzene rings is 1. The van der Waals surface area contributed by atoms with Crippen LogP contribution in [0.3, 0.4) is 0 Å². The average molecular weight is 245 g/mol. The fraction of sp³-hybridized carbons (Fsp3) is 0.562. The van der Waals surface area contributed by atoms with Crippen LogP contribution in [0, 0.1) is 6.92 Å². The molecule has 0 saturated heterocycles. The number of nitrogens with one attached hydrogen (secondary N) is 1. The summed E-state index contributed by atoms with van der Waals surface area (Å²) in [4.78, 5) is 11.3. The minimum atomic E-state index is 0.418. The van der Waals surface area contributed by atoms with Gasteiger partial charge in [0.25, 0.3) is 0 Å². The Labute approximate surface area is 110 Å². The molecule has 0 atom stereocenters. The van der Waals surface area contributed by atoms with Crippen molar-refractivity contribution in [3.05, 3.63) is 29.3 Å². The Balaban J connectivity index is 2.15. The Bertz CT molecular complexity index is 427. The smallest absolute Gasteiger partial charge is 0.133 e. The van der Waals surface area contributed by atoms with Gasteiger partial charge in [-0.3, -0.25) is 4.79 Å². The maximum absolute atomic E-state index is 11.3. The molecule has 2 rings (SSSR count). The highest BCUT2D eigenvalue weighted by Crippen LogP contribution is 2.30. The zero-order valence-corrected chi connectivity index (χ0v) is 11.6. The van der Waals surface area contributed by atoms with E-state index < -0.39 is 0 Å². The molecule has 0 heterocycles. The van der Waals surface area contributed by atoms with E-state index in [1.165, 1.54) is 16.8 Å². The molecule has 2 nitrogen and oxygen atoms in total. The van der Waals surface area contributed by atoms with Crippen LogP contribution in [0.2, 0.25) is 0 Å². The SMILES string of the molecule is Cc1cccc(C(C)C)c1NC1CCC(=O)CC1. The molecule has 0 unspecified atom stereocenters. The Kier molecular flexibility index (Phi) is 4.05. The minimum Gasteiger partial charge on any atom is -0.382 e. The molecular weight excluding hydrogens is 222 g/mol. The van der Waals surface area contributed by atoms with E-state index >= 15 is 0 Å². The molecule has 0 bridgehead atoms. The number of rotatable bonds is 3. The van der Waals surface area contributed by atoms with Gasteiger partial charge < -0.3 is 5.32 Å². The predicted molar refractivity (Wildman–Crippen MR) is 76.2 cm³/mol. The van der Waals surface area contributed by atoms with Gasteiger partial charge in [0.05, 0.1) is 0 Å². The molecule has 0 spiro atoms. The summed E-state index contributed by atoms with van der Waals surface area (Å²) >= 11 is 0. The van der Waals surface area contributed by atoms with Crippen LogP contribution < -0.4 is 5.32 Å². The van der Waals surface area contributed by atoms with Crippen molar-refractivity contribution in [1.29, 1.82) is 0 Å². The number of para-hydroxylation sites is 1. The first-order chi connectivity index (χ1) is 8.58. The van der Waals surface area contributed by atoms with E-state index in [1.807, 2.05) is 0 Å². The third kappa shape index (κ3) is 2.92. The van der Waals surface area contributed by atoms with Crippen LogP contribution in [0.4, 0.5) is 5.69 Å². The Morgan fingerprint density at radius 2 is 1.89 bits per heavy atom. The van der Waals surface area contributed by atoms with Crippen molar-refractivity contribution in [2.45, 2.75) is 58.4 Å². The number of ketones is 1. The van der Waals surface area contributed by atoms with E-state index in [0.717, 1.165) is 25.7 Å². The van der Waals surface area contributed by atoms with Crippen molar-refractivity contribution < 1.29 is 4.79 Å². The summed E-state index contributed by atoms with van der Waals surface area (Å²) in [5, 5.41) is 3.67. The zero-order chi connectivity index (χ0) is 13.1. The summed E-state index contributed by atoms with van der Waals surface area (Å²) in [5.74, 6) is 0.944. The van der Waals surface area contributed by atoms with E-state index in [0.29, 0.717) is 17.7 Å². The molecule has 0 aromatic heterocycles. The number of carbonyl (C=O) groups excluding carboxylic acids is 1. The number of hydrogen-bond acceptors (Lipinski definition) is 2. The van der Waals surface area contributed by atoms with Gasteiger partial charge in [-0.25, -0.2) is 0 Å². The van der Waals surface area contributed by atoms with E-state index in [-0.39, 0.29) is 0 Å². The second-order valence-electron chi connectivity index (χ2n) is 5.65. The van der Waals surface area contributed by atoms with Gasteiger partial charge in [0, 0.05) is 24.6 Å². The van der Waals surface area contributed by atoms with Crippen LogP contribution in [0.1, 0.15) is 56.6 Å². The van der Waals surface area contributed by atoms with Gasteiger partial charge in [0.1, 0.15) is 5.78 Å². The van der Waals surface area contributed by atoms with Crippen LogP contribution >= 0.6 is 0 Å². The molecule has 1 saturated carbocycles. The third-order valence-electron chi connectivity index (χ3n) is 3.82. The standard InChI is InChI=1S/C16H23NO/c1-11(2)15-6-4-5-12(3)16(15)17-13-7-9-14(18)10-8-13/h4-6,11,13,17H,7-10H2,1-3H3. The molecule has 1 N–H and O–H groups in total. The molecule has 1 aromatic carbocycles. The normalized spacial score (nSPS) is 17.2. The largest absolute Gasteiger partial charge is 0.382 e. The lowest BCUT2D eigenvalue weighted by molar-refractivity contribution is -0.120. The topological polar surface area (TPSA) is 29.1 Å². The zero-order valence-electron chi connectivity index (χ0n) is 11.6. The first-order valence-corrected chi connectivity index (χ1v) is 6.95. The quantitative estimate of drug-likeness (QED) is 0.870. The summed E-state index contributed by atoms with van der Waals surface area (Å²) in [6.45, 7) is 6.61. The minimum absolute atomic E-state index is 0.418. The number of anilines is 1. The molecule has 1 aromatic rings. The molecule has 1 aliphatic rings. The molecule has 0 radical (unpaired) electrons. The van der Waals surface area contributed by atoms with Crippen LogP contribution in [-0.2, 0) is 4.79 Å². The Morgan fingerprint density at radius 1 is 1.22 bits per heavy atom. The molecule has 1 fully saturated rings. The summed E-state index contributed by atoms with van der Waals surface area (Å²) in [6, 6.07) is 6.94. The highest BCUT2D eigenvalue weighted by atomic mass is 16.1. The molecule has 0 aliphatic heterocycles. The highest BCUT2D eigenvalue weighted by molar-refractivity contribution is 5.79. The van der Waals surface area contributed by atoms with Gasteiger partial charge in [0.2, 0.25) is 0 Å². The van der Waals surface area contributed by atoms with Gasteiger partial charge in [0.15, 0.2) is 0 Å². The van der Waals surface area contributed by atoms with Crippen molar-refractivity contribution in [2.24, 2.45) is 0 Å². The predicted octanol–water partition coefficient (Wildman–Crippen LogP) is 4.04. The maximum atomic E-state index is 11.3. The average Bonchev–Trinajstić information content (AvgIpc) is 2.34. The van der Waals surface area contributed by atoms with Gasteiger partial charge in [-0.1, -0.05) is 32.0 Å². The van der Waals surface area contributed by atoms with Crippen LogP contribution in [-0.4, -0.2) is 11.8 Å². The highest BCUT2D eigenvalue weighted by Gasteiger charge is 2.20. The number of Topliss-reactive ketones (excluding diaryl/α,β-unsaturated/α-hetero) is 1. The van der Waals surface area contributed by atoms with Gasteiger partial charge >= 0.3 is 0 Å². The molecule has 0 amide bonds. The summed E-state index contributed by atoms with van der Waals surface area (Å²) in [6.07, 6.45) is 3.43. The number of aryl methyl sites for hydroxylation is 1. The van der Waals surface area contributed by atoms with Crippen molar-refractivity contribution >= 4 is 11.5 Å². The lowest BCUT2D eigenvalue weighted by atomic mass is 9.92. The van der Waals surface area contributed by atoms with Crippen molar-refractivity contribution in [3.63, 3.8) is 0 Å². The van der Waals surface area contributed by atoms with E-state index in [9.17, 15) is 4.79 Å². The lowest BCUT2D eigenvalue weighted by Gasteiger charge is -2.26. The van der Waals surface area contributed by atoms with E-state index in [4.69, 9.17) is 0 Å². The molecule has 18 heavy (non-hydrogen) atoms. The fourth-order valence-electron chi connectivity index (χ4n) is 2.66. The molecule has 1 aliphatic carbocycles. The summed E-state index contributed by atoms with van der Waals surface area (Å²) in [7, 11) is 0. The summed E-state index contributed by atoms with van der Waals surface area (Å²) < 4.78 is 0. The maximum Gasteiger partial charge on any atom is 0.133 e. The Hall–Kier alpha value is -1.31. The first-order valence-electron chi connectivity index (χ1n) is 6.95. The van der Waals surface area contributed by atoms with Crippen molar-refractivity contribution in [1.82, 2.24) is 0 Å². The van der Waals surface area contributed by atoms with Crippen LogP contribution in [0.25, 0.3) is 0 Å². The van der Waals surface area contributed by atoms with Crippen LogP contribution in [0.5, 0.6) is 0 Å². The first kappa shape index (κ1) is 13.1. The number of carbonyl (C=O) groups is 1. The third-order valence-corrected chi connectivity index (χ3v) is 3.82. The van der Waals surface area contributed by atoms with Gasteiger partial charge in [-0.05, 0) is 36.8 Å². The number of hydrogen-bond donors (Lipinski definition) is 1. The van der Waals surface area contributed by atoms with E-state index in [1.54, 1.807) is 0 Å². The van der Waals surface area contributed by atoms with Crippen molar-refractivity contribution in [2.75, 3.05) is 5.32 Å². The molecular formula is C16H23NO. The molecule has 2 heteroatoms. The second-order valence-corrected chi connectivity index (χ2v) is 5.65. The second kappa shape index (κ2) is 5.55. The van der Waals surface area contributed by atoms with Gasteiger partial charge in [-0.2, -0.15) is 0 Å². The lowest BCUT2D eigenvalue weighted by Crippen LogP contribution is -2.27. The summed E-state index contributed by atoms with van der Waals surface area (Å²) in [5.41, 5.74) is 3.97. The van der Waals surface area contributed by atoms with Crippen LogP contribution in [0.15, 0.2) is 18.2 Å². The van der Waals surface area contributed by atoms with Crippen molar-refractivity contribution in [3.8, 4) is 0 Å². The van der Waals surface area contributed by atoms with E-state index in [2.05, 4.69) is 44.3 Å². The molecule has 98 valence electrons. The van der Waals surface area contributed by atoms with Gasteiger partial charge in [-0.15, -0.1) is 0 Å². The monoisotopic (exact) mass is 245 g/mol.